The first-order chi connectivity index (χ1) is 9.22. The van der Waals surface area contributed by atoms with Crippen molar-refractivity contribution in [2.24, 2.45) is 5.16 Å². The highest BCUT2D eigenvalue weighted by molar-refractivity contribution is 7.99. The molecule has 2 heterocycles. The van der Waals surface area contributed by atoms with Gasteiger partial charge in [0.25, 0.3) is 0 Å². The summed E-state index contributed by atoms with van der Waals surface area (Å²) in [6.45, 7) is 0. The first kappa shape index (κ1) is 13.3. The second-order valence-electron chi connectivity index (χ2n) is 3.58. The fourth-order valence-corrected chi connectivity index (χ4v) is 2.36. The van der Waals surface area contributed by atoms with E-state index in [1.165, 1.54) is 18.1 Å². The molecule has 0 aliphatic carbocycles. The maximum Gasteiger partial charge on any atom is 0.353 e. The van der Waals surface area contributed by atoms with Crippen molar-refractivity contribution in [2.45, 2.75) is 17.9 Å². The molecule has 0 aliphatic rings. The van der Waals surface area contributed by atoms with Gasteiger partial charge in [0.05, 0.1) is 6.33 Å². The van der Waals surface area contributed by atoms with E-state index in [2.05, 4.69) is 25.1 Å². The van der Waals surface area contributed by atoms with Crippen molar-refractivity contribution in [3.05, 3.63) is 12.7 Å². The largest absolute Gasteiger partial charge is 0.477 e. The zero-order chi connectivity index (χ0) is 13.7. The molecule has 0 spiro atoms. The fraction of sp³-hybridized carbons (Fsp3) is 0.300. The van der Waals surface area contributed by atoms with E-state index in [0.717, 1.165) is 10.5 Å². The van der Waals surface area contributed by atoms with E-state index in [1.54, 1.807) is 6.33 Å². The van der Waals surface area contributed by atoms with Crippen LogP contribution in [0.2, 0.25) is 0 Å². The van der Waals surface area contributed by atoms with Gasteiger partial charge < -0.3 is 15.3 Å². The number of aliphatic carboxylic acids is 1. The lowest BCUT2D eigenvalue weighted by Crippen LogP contribution is -2.12. The van der Waals surface area contributed by atoms with E-state index in [-0.39, 0.29) is 12.1 Å². The third kappa shape index (κ3) is 3.19. The molecule has 2 rings (SSSR count). The Morgan fingerprint density at radius 3 is 3.00 bits per heavy atom. The predicted molar refractivity (Wildman–Crippen MR) is 68.5 cm³/mol. The van der Waals surface area contributed by atoms with Crippen molar-refractivity contribution in [3.63, 3.8) is 0 Å². The van der Waals surface area contributed by atoms with E-state index < -0.39 is 5.97 Å². The lowest BCUT2D eigenvalue weighted by Gasteiger charge is -2.01. The molecular weight excluding hydrogens is 270 g/mol. The van der Waals surface area contributed by atoms with Crippen LogP contribution in [-0.4, -0.2) is 47.7 Å². The van der Waals surface area contributed by atoms with Crippen LogP contribution in [0.1, 0.15) is 12.8 Å². The number of fused-ring (bicyclic) bond motifs is 1. The molecule has 0 unspecified atom stereocenters. The molecule has 8 nitrogen and oxygen atoms in total. The Kier molecular flexibility index (Phi) is 4.29. The van der Waals surface area contributed by atoms with Gasteiger partial charge in [-0.3, -0.25) is 0 Å². The molecule has 0 radical (unpaired) electrons. The maximum absolute atomic E-state index is 10.6. The van der Waals surface area contributed by atoms with Crippen LogP contribution in [0.15, 0.2) is 22.8 Å². The number of aromatic nitrogens is 4. The molecule has 2 aromatic heterocycles. The third-order valence-electron chi connectivity index (χ3n) is 2.35. The van der Waals surface area contributed by atoms with Crippen LogP contribution < -0.4 is 0 Å². The summed E-state index contributed by atoms with van der Waals surface area (Å²) in [6.07, 6.45) is 3.75. The van der Waals surface area contributed by atoms with Gasteiger partial charge in [0.2, 0.25) is 0 Å². The normalized spacial score (nSPS) is 11.9. The summed E-state index contributed by atoms with van der Waals surface area (Å²) in [6, 6.07) is 0. The van der Waals surface area contributed by atoms with Gasteiger partial charge >= 0.3 is 5.97 Å². The predicted octanol–water partition coefficient (Wildman–Crippen LogP) is 1.14. The fourth-order valence-electron chi connectivity index (χ4n) is 1.46. The zero-order valence-corrected chi connectivity index (χ0v) is 10.6. The minimum absolute atomic E-state index is 0.204. The van der Waals surface area contributed by atoms with Crippen LogP contribution in [0.3, 0.4) is 0 Å². The van der Waals surface area contributed by atoms with E-state index >= 15 is 0 Å². The number of nitrogens with one attached hydrogen (secondary N) is 1. The Morgan fingerprint density at radius 2 is 2.26 bits per heavy atom. The Labute approximate surface area is 112 Å². The molecule has 0 aliphatic heterocycles. The van der Waals surface area contributed by atoms with E-state index in [1.807, 2.05) is 0 Å². The number of carboxylic acid groups (broad SMARTS) is 1. The minimum atomic E-state index is -1.20. The topological polar surface area (TPSA) is 124 Å². The summed E-state index contributed by atoms with van der Waals surface area (Å²) < 4.78 is 0. The second kappa shape index (κ2) is 6.14. The Bertz CT molecular complexity index is 612. The molecule has 3 N–H and O–H groups in total. The summed E-state index contributed by atoms with van der Waals surface area (Å²) >= 11 is 1.47. The standard InChI is InChI=1S/C10H11N5O3S/c16-10(17)6(15-18)2-1-3-19-9-7-8(12-4-11-7)13-5-14-9/h4-5,18H,1-3H2,(H,16,17)(H,11,12,13,14)/b15-6+. The quantitative estimate of drug-likeness (QED) is 0.181. The molecule has 0 saturated heterocycles. The van der Waals surface area contributed by atoms with E-state index in [9.17, 15) is 4.79 Å². The average Bonchev–Trinajstić information content (AvgIpc) is 2.87. The number of nitrogens with zero attached hydrogens (tertiary/aromatic N) is 4. The van der Waals surface area contributed by atoms with Crippen molar-refractivity contribution in [1.29, 1.82) is 0 Å². The lowest BCUT2D eigenvalue weighted by atomic mass is 10.2. The summed E-state index contributed by atoms with van der Waals surface area (Å²) in [4.78, 5) is 25.7. The van der Waals surface area contributed by atoms with Gasteiger partial charge in [-0.15, -0.1) is 11.8 Å². The SMILES string of the molecule is O=C(O)/C(CCCSc1ncnc2nc[nH]c12)=N/O. The van der Waals surface area contributed by atoms with Crippen LogP contribution in [0.4, 0.5) is 0 Å². The smallest absolute Gasteiger partial charge is 0.353 e. The third-order valence-corrected chi connectivity index (χ3v) is 3.43. The highest BCUT2D eigenvalue weighted by Crippen LogP contribution is 2.22. The Hall–Kier alpha value is -2.16. The van der Waals surface area contributed by atoms with Crippen LogP contribution >= 0.6 is 11.8 Å². The van der Waals surface area contributed by atoms with Crippen molar-refractivity contribution >= 4 is 34.6 Å². The summed E-state index contributed by atoms with van der Waals surface area (Å²) in [7, 11) is 0. The molecular formula is C10H11N5O3S. The van der Waals surface area contributed by atoms with Crippen LogP contribution in [-0.2, 0) is 4.79 Å². The number of H-pyrrole nitrogens is 1. The highest BCUT2D eigenvalue weighted by atomic mass is 32.2. The van der Waals surface area contributed by atoms with Gasteiger partial charge in [0.1, 0.15) is 16.9 Å². The first-order valence-corrected chi connectivity index (χ1v) is 6.42. The molecule has 100 valence electrons. The van der Waals surface area contributed by atoms with Gasteiger partial charge in [0.15, 0.2) is 11.4 Å². The zero-order valence-electron chi connectivity index (χ0n) is 9.78. The number of hydrogen-bond donors (Lipinski definition) is 3. The van der Waals surface area contributed by atoms with Crippen LogP contribution in [0.5, 0.6) is 0 Å². The molecule has 0 aromatic carbocycles. The molecule has 0 fully saturated rings. The van der Waals surface area contributed by atoms with Crippen molar-refractivity contribution in [1.82, 2.24) is 19.9 Å². The number of hydrogen-bond acceptors (Lipinski definition) is 7. The van der Waals surface area contributed by atoms with Crippen LogP contribution in [0.25, 0.3) is 11.2 Å². The highest BCUT2D eigenvalue weighted by Gasteiger charge is 2.10. The molecule has 9 heteroatoms. The Morgan fingerprint density at radius 1 is 1.42 bits per heavy atom. The van der Waals surface area contributed by atoms with Gasteiger partial charge in [0, 0.05) is 6.42 Å². The summed E-state index contributed by atoms with van der Waals surface area (Å²) in [5.74, 6) is -0.553. The maximum atomic E-state index is 10.6. The molecule has 0 amide bonds. The van der Waals surface area contributed by atoms with Gasteiger partial charge in [-0.25, -0.2) is 19.7 Å². The molecule has 0 atom stereocenters. The summed E-state index contributed by atoms with van der Waals surface area (Å²) in [5.41, 5.74) is 1.12. The average molecular weight is 281 g/mol. The van der Waals surface area contributed by atoms with Gasteiger partial charge in [-0.1, -0.05) is 5.16 Å². The van der Waals surface area contributed by atoms with Crippen LogP contribution in [0, 0.1) is 0 Å². The number of carboxylic acids is 1. The number of imidazole rings is 1. The van der Waals surface area contributed by atoms with Crippen molar-refractivity contribution < 1.29 is 15.1 Å². The van der Waals surface area contributed by atoms with Gasteiger partial charge in [-0.2, -0.15) is 0 Å². The molecule has 19 heavy (non-hydrogen) atoms. The molecule has 0 saturated carbocycles. The second-order valence-corrected chi connectivity index (χ2v) is 4.67. The monoisotopic (exact) mass is 281 g/mol. The lowest BCUT2D eigenvalue weighted by molar-refractivity contribution is -0.129. The number of oxime groups is 1. The number of thioether (sulfide) groups is 1. The Balaban J connectivity index is 1.90. The van der Waals surface area contributed by atoms with Crippen molar-refractivity contribution in [3.8, 4) is 0 Å². The number of aromatic amines is 1. The molecule has 2 aromatic rings. The minimum Gasteiger partial charge on any atom is -0.477 e. The molecule has 0 bridgehead atoms. The van der Waals surface area contributed by atoms with Gasteiger partial charge in [-0.05, 0) is 12.2 Å². The van der Waals surface area contributed by atoms with E-state index in [0.29, 0.717) is 17.8 Å². The summed E-state index contributed by atoms with van der Waals surface area (Å²) in [5, 5.41) is 20.7. The van der Waals surface area contributed by atoms with Crippen molar-refractivity contribution in [2.75, 3.05) is 5.75 Å². The first-order valence-electron chi connectivity index (χ1n) is 5.43. The van der Waals surface area contributed by atoms with E-state index in [4.69, 9.17) is 10.3 Å². The number of rotatable bonds is 6. The number of carbonyl (C=O) groups is 1.